The smallest absolute Gasteiger partial charge is 0.245 e. The fraction of sp³-hybridized carbons (Fsp3) is 0.667. The molecule has 0 saturated heterocycles. The van der Waals surface area contributed by atoms with E-state index in [0.717, 1.165) is 0 Å². The molecular weight excluding hydrogens is 224 g/mol. The Labute approximate surface area is 102 Å². The van der Waals surface area contributed by atoms with Crippen LogP contribution in [0.15, 0.2) is 16.9 Å². The zero-order valence-electron chi connectivity index (χ0n) is 10.8. The highest BCUT2D eigenvalue weighted by atomic mass is 17.2. The van der Waals surface area contributed by atoms with Crippen molar-refractivity contribution in [3.8, 4) is 11.5 Å². The van der Waals surface area contributed by atoms with Crippen molar-refractivity contribution >= 4 is 0 Å². The van der Waals surface area contributed by atoms with Gasteiger partial charge in [-0.3, -0.25) is 0 Å². The van der Waals surface area contributed by atoms with Crippen molar-refractivity contribution in [2.24, 2.45) is 0 Å². The lowest BCUT2D eigenvalue weighted by atomic mass is 10.5. The van der Waals surface area contributed by atoms with Gasteiger partial charge < -0.3 is 18.8 Å². The Morgan fingerprint density at radius 2 is 1.71 bits per heavy atom. The lowest BCUT2D eigenvalue weighted by molar-refractivity contribution is -0.235. The zero-order chi connectivity index (χ0) is 12.7. The monoisotopic (exact) mass is 244 g/mol. The minimum absolute atomic E-state index is 0.0259. The van der Waals surface area contributed by atoms with E-state index in [9.17, 15) is 0 Å². The van der Waals surface area contributed by atoms with Crippen LogP contribution in [0.2, 0.25) is 0 Å². The molecule has 1 rings (SSSR count). The normalized spacial score (nSPS) is 11.2. The van der Waals surface area contributed by atoms with Crippen LogP contribution in [0.3, 0.4) is 0 Å². The lowest BCUT2D eigenvalue weighted by Gasteiger charge is -2.10. The van der Waals surface area contributed by atoms with Gasteiger partial charge in [-0.25, -0.2) is 0 Å². The first-order valence-corrected chi connectivity index (χ1v) is 5.73. The third-order valence-corrected chi connectivity index (χ3v) is 1.72. The van der Waals surface area contributed by atoms with Crippen molar-refractivity contribution in [1.82, 2.24) is 0 Å². The first-order valence-electron chi connectivity index (χ1n) is 5.73. The van der Waals surface area contributed by atoms with E-state index in [1.807, 2.05) is 27.7 Å². The number of furan rings is 1. The Morgan fingerprint density at radius 1 is 1.00 bits per heavy atom. The molecule has 0 aliphatic heterocycles. The average molecular weight is 244 g/mol. The topological polar surface area (TPSA) is 50.1 Å². The Balaban J connectivity index is 2.30. The van der Waals surface area contributed by atoms with Gasteiger partial charge in [-0.05, 0) is 27.7 Å². The molecule has 5 heteroatoms. The van der Waals surface area contributed by atoms with Crippen molar-refractivity contribution in [2.45, 2.75) is 39.9 Å². The molecule has 17 heavy (non-hydrogen) atoms. The lowest BCUT2D eigenvalue weighted by Crippen LogP contribution is -2.12. The van der Waals surface area contributed by atoms with Crippen LogP contribution in [0, 0.1) is 0 Å². The predicted octanol–water partition coefficient (Wildman–Crippen LogP) is 2.80. The second-order valence-corrected chi connectivity index (χ2v) is 4.10. The van der Waals surface area contributed by atoms with E-state index >= 15 is 0 Å². The van der Waals surface area contributed by atoms with E-state index in [2.05, 4.69) is 0 Å². The van der Waals surface area contributed by atoms with Crippen molar-refractivity contribution in [3.63, 3.8) is 0 Å². The van der Waals surface area contributed by atoms with Crippen LogP contribution < -0.4 is 9.62 Å². The van der Waals surface area contributed by atoms with Gasteiger partial charge >= 0.3 is 0 Å². The summed E-state index contributed by atoms with van der Waals surface area (Å²) in [6.07, 6.45) is 3.07. The summed E-state index contributed by atoms with van der Waals surface area (Å²) in [6.45, 7) is 8.66. The maximum atomic E-state index is 5.44. The van der Waals surface area contributed by atoms with Crippen molar-refractivity contribution in [1.29, 1.82) is 0 Å². The summed E-state index contributed by atoms with van der Waals surface area (Å²) < 4.78 is 15.8. The van der Waals surface area contributed by atoms with Crippen LogP contribution in [0.4, 0.5) is 0 Å². The van der Waals surface area contributed by atoms with Gasteiger partial charge in [-0.1, -0.05) is 0 Å². The van der Waals surface area contributed by atoms with Crippen molar-refractivity contribution in [2.75, 3.05) is 13.2 Å². The summed E-state index contributed by atoms with van der Waals surface area (Å²) in [7, 11) is 0. The number of ether oxygens (including phenoxy) is 2. The van der Waals surface area contributed by atoms with Crippen LogP contribution in [-0.4, -0.2) is 25.4 Å². The number of rotatable bonds is 8. The Kier molecular flexibility index (Phi) is 5.86. The standard InChI is InChI=1S/C12H20O5/c1-9(2)14-5-6-15-11-7-13-8-12(11)17-16-10(3)4/h7-10H,5-6H2,1-4H3. The van der Waals surface area contributed by atoms with Crippen LogP contribution in [-0.2, 0) is 9.62 Å². The van der Waals surface area contributed by atoms with Gasteiger partial charge in [-0.15, -0.1) is 0 Å². The van der Waals surface area contributed by atoms with E-state index < -0.39 is 0 Å². The summed E-state index contributed by atoms with van der Waals surface area (Å²) in [5, 5.41) is 0. The molecule has 1 aromatic rings. The van der Waals surface area contributed by atoms with E-state index in [-0.39, 0.29) is 12.2 Å². The van der Waals surface area contributed by atoms with E-state index in [4.69, 9.17) is 23.7 Å². The van der Waals surface area contributed by atoms with Crippen LogP contribution in [0.25, 0.3) is 0 Å². The molecule has 0 aromatic carbocycles. The average Bonchev–Trinajstić information content (AvgIpc) is 2.68. The molecule has 0 amide bonds. The highest BCUT2D eigenvalue weighted by Crippen LogP contribution is 2.28. The maximum absolute atomic E-state index is 5.44. The molecule has 0 N–H and O–H groups in total. The Morgan fingerprint density at radius 3 is 2.35 bits per heavy atom. The fourth-order valence-electron chi connectivity index (χ4n) is 1.02. The molecule has 0 unspecified atom stereocenters. The third-order valence-electron chi connectivity index (χ3n) is 1.72. The highest BCUT2D eigenvalue weighted by Gasteiger charge is 2.10. The molecule has 0 fully saturated rings. The van der Waals surface area contributed by atoms with Gasteiger partial charge in [0.1, 0.15) is 19.1 Å². The highest BCUT2D eigenvalue weighted by molar-refractivity contribution is 5.34. The fourth-order valence-corrected chi connectivity index (χ4v) is 1.02. The largest absolute Gasteiger partial charge is 0.484 e. The van der Waals surface area contributed by atoms with Gasteiger partial charge in [0.05, 0.1) is 18.8 Å². The molecular formula is C12H20O5. The van der Waals surface area contributed by atoms with Crippen LogP contribution in [0.5, 0.6) is 11.5 Å². The summed E-state index contributed by atoms with van der Waals surface area (Å²) in [6, 6.07) is 0. The molecule has 0 saturated carbocycles. The maximum Gasteiger partial charge on any atom is 0.245 e. The van der Waals surface area contributed by atoms with Crippen LogP contribution in [0.1, 0.15) is 27.7 Å². The summed E-state index contributed by atoms with van der Waals surface area (Å²) >= 11 is 0. The summed E-state index contributed by atoms with van der Waals surface area (Å²) in [5.41, 5.74) is 0. The minimum Gasteiger partial charge on any atom is -0.484 e. The van der Waals surface area contributed by atoms with Crippen molar-refractivity contribution < 1.29 is 23.7 Å². The first-order chi connectivity index (χ1) is 8.09. The van der Waals surface area contributed by atoms with E-state index in [1.165, 1.54) is 12.5 Å². The predicted molar refractivity (Wildman–Crippen MR) is 62.1 cm³/mol. The molecule has 0 spiro atoms. The second kappa shape index (κ2) is 7.19. The van der Waals surface area contributed by atoms with Gasteiger partial charge in [0, 0.05) is 0 Å². The second-order valence-electron chi connectivity index (χ2n) is 4.10. The first kappa shape index (κ1) is 13.9. The molecule has 0 aliphatic carbocycles. The number of hydrogen-bond acceptors (Lipinski definition) is 5. The molecule has 0 atom stereocenters. The van der Waals surface area contributed by atoms with Crippen molar-refractivity contribution in [3.05, 3.63) is 12.5 Å². The molecule has 0 bridgehead atoms. The SMILES string of the molecule is CC(C)OCCOc1cocc1OOC(C)C. The van der Waals surface area contributed by atoms with E-state index in [1.54, 1.807) is 0 Å². The van der Waals surface area contributed by atoms with Crippen LogP contribution >= 0.6 is 0 Å². The van der Waals surface area contributed by atoms with Gasteiger partial charge in [0.25, 0.3) is 0 Å². The van der Waals surface area contributed by atoms with Gasteiger partial charge in [0.2, 0.25) is 11.5 Å². The van der Waals surface area contributed by atoms with Gasteiger partial charge in [0.15, 0.2) is 0 Å². The zero-order valence-corrected chi connectivity index (χ0v) is 10.8. The molecule has 1 heterocycles. The molecule has 0 radical (unpaired) electrons. The third kappa shape index (κ3) is 5.60. The van der Waals surface area contributed by atoms with E-state index in [0.29, 0.717) is 24.7 Å². The molecule has 98 valence electrons. The summed E-state index contributed by atoms with van der Waals surface area (Å²) in [5.74, 6) is 0.946. The quantitative estimate of drug-likeness (QED) is 0.400. The summed E-state index contributed by atoms with van der Waals surface area (Å²) in [4.78, 5) is 10.1. The Bertz CT molecular complexity index is 306. The molecule has 5 nitrogen and oxygen atoms in total. The number of hydrogen-bond donors (Lipinski definition) is 0. The minimum atomic E-state index is -0.0259. The molecule has 1 aromatic heterocycles. The molecule has 0 aliphatic rings. The Hall–Kier alpha value is -1.20. The van der Waals surface area contributed by atoms with Gasteiger partial charge in [-0.2, -0.15) is 4.89 Å².